The Labute approximate surface area is 106 Å². The summed E-state index contributed by atoms with van der Waals surface area (Å²) in [7, 11) is 1.52. The Hall–Kier alpha value is -1.75. The summed E-state index contributed by atoms with van der Waals surface area (Å²) in [5, 5.41) is 21.4. The molecule has 3 N–H and O–H groups in total. The van der Waals surface area contributed by atoms with E-state index in [1.165, 1.54) is 13.2 Å². The summed E-state index contributed by atoms with van der Waals surface area (Å²) in [6.07, 6.45) is 0. The van der Waals surface area contributed by atoms with Gasteiger partial charge in [0.1, 0.15) is 5.75 Å². The van der Waals surface area contributed by atoms with Crippen LogP contribution in [-0.4, -0.2) is 35.9 Å². The summed E-state index contributed by atoms with van der Waals surface area (Å²) in [5.41, 5.74) is 0.615. The number of carboxylic acid groups (broad SMARTS) is 1. The molecule has 0 aromatic heterocycles. The fourth-order valence-electron chi connectivity index (χ4n) is 1.58. The number of aliphatic hydroxyl groups is 1. The smallest absolute Gasteiger partial charge is 0.337 e. The van der Waals surface area contributed by atoms with Gasteiger partial charge >= 0.3 is 5.97 Å². The van der Waals surface area contributed by atoms with Crippen LogP contribution in [0.25, 0.3) is 0 Å². The Kier molecular flexibility index (Phi) is 4.97. The maximum Gasteiger partial charge on any atom is 0.337 e. The van der Waals surface area contributed by atoms with Gasteiger partial charge < -0.3 is 20.3 Å². The molecule has 1 aromatic carbocycles. The Balaban J connectivity index is 3.07. The monoisotopic (exact) mass is 253 g/mol. The quantitative estimate of drug-likeness (QED) is 0.720. The second kappa shape index (κ2) is 6.26. The molecular weight excluding hydrogens is 234 g/mol. The molecule has 0 aliphatic carbocycles. The van der Waals surface area contributed by atoms with Crippen molar-refractivity contribution in [2.75, 3.05) is 19.0 Å². The fraction of sp³-hybridized carbons (Fsp3) is 0.462. The van der Waals surface area contributed by atoms with Gasteiger partial charge in [-0.1, -0.05) is 13.8 Å². The predicted molar refractivity (Wildman–Crippen MR) is 69.3 cm³/mol. The van der Waals surface area contributed by atoms with Crippen LogP contribution in [0.4, 0.5) is 5.69 Å². The zero-order valence-corrected chi connectivity index (χ0v) is 10.8. The van der Waals surface area contributed by atoms with E-state index in [-0.39, 0.29) is 24.1 Å². The Bertz CT molecular complexity index is 417. The molecule has 0 heterocycles. The minimum Gasteiger partial charge on any atom is -0.497 e. The second-order valence-corrected chi connectivity index (χ2v) is 4.39. The third-order valence-electron chi connectivity index (χ3n) is 2.80. The molecule has 18 heavy (non-hydrogen) atoms. The van der Waals surface area contributed by atoms with E-state index in [0.717, 1.165) is 0 Å². The minimum absolute atomic E-state index is 0.0616. The van der Waals surface area contributed by atoms with Crippen LogP contribution < -0.4 is 10.1 Å². The van der Waals surface area contributed by atoms with Crippen molar-refractivity contribution in [1.82, 2.24) is 0 Å². The van der Waals surface area contributed by atoms with Gasteiger partial charge in [-0.2, -0.15) is 0 Å². The van der Waals surface area contributed by atoms with Crippen molar-refractivity contribution in [1.29, 1.82) is 0 Å². The summed E-state index contributed by atoms with van der Waals surface area (Å²) < 4.78 is 5.07. The van der Waals surface area contributed by atoms with Crippen molar-refractivity contribution in [2.24, 2.45) is 5.92 Å². The van der Waals surface area contributed by atoms with Crippen LogP contribution in [0.3, 0.4) is 0 Å². The third-order valence-corrected chi connectivity index (χ3v) is 2.80. The van der Waals surface area contributed by atoms with Crippen LogP contribution in [0.2, 0.25) is 0 Å². The average molecular weight is 253 g/mol. The van der Waals surface area contributed by atoms with Crippen molar-refractivity contribution < 1.29 is 19.7 Å². The molecule has 1 aromatic rings. The van der Waals surface area contributed by atoms with Crippen LogP contribution in [-0.2, 0) is 0 Å². The lowest BCUT2D eigenvalue weighted by molar-refractivity contribution is 0.0697. The molecular formula is C13H19NO4. The van der Waals surface area contributed by atoms with Crippen molar-refractivity contribution in [2.45, 2.75) is 19.9 Å². The molecule has 5 nitrogen and oxygen atoms in total. The molecule has 0 bridgehead atoms. The summed E-state index contributed by atoms with van der Waals surface area (Å²) in [6, 6.07) is 4.50. The lowest BCUT2D eigenvalue weighted by atomic mass is 10.0. The van der Waals surface area contributed by atoms with Crippen LogP contribution >= 0.6 is 0 Å². The largest absolute Gasteiger partial charge is 0.497 e. The topological polar surface area (TPSA) is 78.8 Å². The third kappa shape index (κ3) is 3.37. The standard InChI is InChI=1S/C13H19NO4/c1-8(2)12(7-15)14-11-6-9(18-3)4-5-10(11)13(16)17/h4-6,8,12,14-15H,7H2,1-3H3,(H,16,17)/t12-/m1/s1. The second-order valence-electron chi connectivity index (χ2n) is 4.39. The normalized spacial score (nSPS) is 12.3. The number of methoxy groups -OCH3 is 1. The van der Waals surface area contributed by atoms with E-state index in [1.807, 2.05) is 13.8 Å². The molecule has 0 fully saturated rings. The number of hydrogen-bond acceptors (Lipinski definition) is 4. The van der Waals surface area contributed by atoms with Crippen LogP contribution in [0.15, 0.2) is 18.2 Å². The van der Waals surface area contributed by atoms with Crippen LogP contribution in [0, 0.1) is 5.92 Å². The number of nitrogens with one attached hydrogen (secondary N) is 1. The molecule has 0 saturated heterocycles. The van der Waals surface area contributed by atoms with Crippen LogP contribution in [0.1, 0.15) is 24.2 Å². The van der Waals surface area contributed by atoms with Gasteiger partial charge in [-0.25, -0.2) is 4.79 Å². The number of benzene rings is 1. The number of carboxylic acids is 1. The first-order valence-corrected chi connectivity index (χ1v) is 5.78. The molecule has 0 amide bonds. The summed E-state index contributed by atoms with van der Waals surface area (Å²) >= 11 is 0. The highest BCUT2D eigenvalue weighted by Crippen LogP contribution is 2.24. The van der Waals surface area contributed by atoms with Gasteiger partial charge in [-0.3, -0.25) is 0 Å². The molecule has 0 aliphatic heterocycles. The molecule has 100 valence electrons. The van der Waals surface area contributed by atoms with Gasteiger partial charge in [0.05, 0.1) is 31.0 Å². The number of rotatable bonds is 6. The SMILES string of the molecule is COc1ccc(C(=O)O)c(N[C@H](CO)C(C)C)c1. The Morgan fingerprint density at radius 3 is 2.56 bits per heavy atom. The van der Waals surface area contributed by atoms with Crippen LogP contribution in [0.5, 0.6) is 5.75 Å². The van der Waals surface area contributed by atoms with Gasteiger partial charge in [0.15, 0.2) is 0 Å². The number of ether oxygens (including phenoxy) is 1. The molecule has 0 aliphatic rings. The first-order chi connectivity index (χ1) is 8.49. The zero-order valence-electron chi connectivity index (χ0n) is 10.8. The van der Waals surface area contributed by atoms with Gasteiger partial charge in [-0.15, -0.1) is 0 Å². The molecule has 1 atom stereocenters. The number of aliphatic hydroxyl groups excluding tert-OH is 1. The Morgan fingerprint density at radius 2 is 2.11 bits per heavy atom. The fourth-order valence-corrected chi connectivity index (χ4v) is 1.58. The molecule has 0 saturated carbocycles. The lowest BCUT2D eigenvalue weighted by Gasteiger charge is -2.22. The van der Waals surface area contributed by atoms with E-state index >= 15 is 0 Å². The maximum atomic E-state index is 11.1. The number of anilines is 1. The average Bonchev–Trinajstić information content (AvgIpc) is 2.34. The number of hydrogen-bond donors (Lipinski definition) is 3. The summed E-state index contributed by atoms with van der Waals surface area (Å²) in [4.78, 5) is 11.1. The van der Waals surface area contributed by atoms with E-state index in [4.69, 9.17) is 9.84 Å². The van der Waals surface area contributed by atoms with Gasteiger partial charge in [0.25, 0.3) is 0 Å². The highest BCUT2D eigenvalue weighted by Gasteiger charge is 2.17. The zero-order chi connectivity index (χ0) is 13.7. The van der Waals surface area contributed by atoms with E-state index in [2.05, 4.69) is 5.32 Å². The predicted octanol–water partition coefficient (Wildman–Crippen LogP) is 1.82. The molecule has 5 heteroatoms. The van der Waals surface area contributed by atoms with E-state index in [1.54, 1.807) is 12.1 Å². The summed E-state index contributed by atoms with van der Waals surface area (Å²) in [5.74, 6) is -0.258. The molecule has 0 unspecified atom stereocenters. The van der Waals surface area contributed by atoms with Crippen molar-refractivity contribution in [3.8, 4) is 5.75 Å². The number of carbonyl (C=O) groups is 1. The summed E-state index contributed by atoms with van der Waals surface area (Å²) in [6.45, 7) is 3.84. The van der Waals surface area contributed by atoms with E-state index < -0.39 is 5.97 Å². The van der Waals surface area contributed by atoms with E-state index in [9.17, 15) is 9.90 Å². The van der Waals surface area contributed by atoms with Crippen molar-refractivity contribution in [3.63, 3.8) is 0 Å². The van der Waals surface area contributed by atoms with E-state index in [0.29, 0.717) is 11.4 Å². The molecule has 0 radical (unpaired) electrons. The Morgan fingerprint density at radius 1 is 1.44 bits per heavy atom. The maximum absolute atomic E-state index is 11.1. The van der Waals surface area contributed by atoms with Gasteiger partial charge in [0.2, 0.25) is 0 Å². The minimum atomic E-state index is -1.01. The lowest BCUT2D eigenvalue weighted by Crippen LogP contribution is -2.30. The number of aromatic carboxylic acids is 1. The van der Waals surface area contributed by atoms with Gasteiger partial charge in [0, 0.05) is 6.07 Å². The molecule has 1 rings (SSSR count). The first kappa shape index (κ1) is 14.3. The molecule has 0 spiro atoms. The van der Waals surface area contributed by atoms with Crippen molar-refractivity contribution in [3.05, 3.63) is 23.8 Å². The van der Waals surface area contributed by atoms with Gasteiger partial charge in [-0.05, 0) is 18.1 Å². The highest BCUT2D eigenvalue weighted by molar-refractivity contribution is 5.94. The highest BCUT2D eigenvalue weighted by atomic mass is 16.5. The first-order valence-electron chi connectivity index (χ1n) is 5.78. The van der Waals surface area contributed by atoms with Crippen molar-refractivity contribution >= 4 is 11.7 Å².